The Kier molecular flexibility index (Phi) is 7.47. The van der Waals surface area contributed by atoms with Crippen molar-refractivity contribution in [1.29, 1.82) is 0 Å². The first-order chi connectivity index (χ1) is 15.9. The van der Waals surface area contributed by atoms with Crippen molar-refractivity contribution in [3.63, 3.8) is 0 Å². The van der Waals surface area contributed by atoms with Gasteiger partial charge in [0.2, 0.25) is 5.88 Å². The van der Waals surface area contributed by atoms with Crippen LogP contribution < -0.4 is 4.74 Å². The fourth-order valence-corrected chi connectivity index (χ4v) is 4.36. The van der Waals surface area contributed by atoms with E-state index in [0.29, 0.717) is 31.9 Å². The molecule has 1 aromatic carbocycles. The van der Waals surface area contributed by atoms with Crippen LogP contribution in [-0.2, 0) is 25.4 Å². The summed E-state index contributed by atoms with van der Waals surface area (Å²) in [5, 5.41) is 0. The number of hydrogen-bond donors (Lipinski definition) is 0. The molecule has 0 aliphatic carbocycles. The van der Waals surface area contributed by atoms with E-state index in [0.717, 1.165) is 5.56 Å². The smallest absolute Gasteiger partial charge is 0.412 e. The molecule has 3 atom stereocenters. The Morgan fingerprint density at radius 3 is 2.52 bits per heavy atom. The molecule has 0 spiro atoms. The van der Waals surface area contributed by atoms with Crippen molar-refractivity contribution >= 4 is 6.09 Å². The summed E-state index contributed by atoms with van der Waals surface area (Å²) in [7, 11) is 0. The highest BCUT2D eigenvalue weighted by atomic mass is 16.7. The molecule has 178 valence electrons. The van der Waals surface area contributed by atoms with Gasteiger partial charge in [-0.3, -0.25) is 4.90 Å². The van der Waals surface area contributed by atoms with Gasteiger partial charge in [-0.25, -0.2) is 9.78 Å². The van der Waals surface area contributed by atoms with Gasteiger partial charge in [0, 0.05) is 18.7 Å². The number of pyridine rings is 1. The minimum absolute atomic E-state index is 0.112. The van der Waals surface area contributed by atoms with E-state index in [-0.39, 0.29) is 18.9 Å². The average molecular weight is 457 g/mol. The lowest BCUT2D eigenvalue weighted by atomic mass is 9.86. The van der Waals surface area contributed by atoms with Crippen LogP contribution in [0.4, 0.5) is 4.79 Å². The normalized spacial score (nSPS) is 23.0. The monoisotopic (exact) mass is 456 g/mol. The number of benzene rings is 1. The first-order valence-corrected chi connectivity index (χ1v) is 11.4. The largest absolute Gasteiger partial charge is 0.468 e. The van der Waals surface area contributed by atoms with Crippen LogP contribution in [0, 0.1) is 0 Å². The van der Waals surface area contributed by atoms with Crippen molar-refractivity contribution in [2.75, 3.05) is 19.9 Å². The second kappa shape index (κ2) is 10.5. The maximum absolute atomic E-state index is 13.0. The molecule has 3 heterocycles. The predicted molar refractivity (Wildman–Crippen MR) is 121 cm³/mol. The molecule has 8 nitrogen and oxygen atoms in total. The summed E-state index contributed by atoms with van der Waals surface area (Å²) in [5.41, 5.74) is 0.212. The van der Waals surface area contributed by atoms with Gasteiger partial charge in [-0.2, -0.15) is 0 Å². The molecule has 2 aromatic rings. The molecule has 2 fully saturated rings. The molecule has 2 aliphatic rings. The van der Waals surface area contributed by atoms with Crippen molar-refractivity contribution in [2.45, 2.75) is 63.8 Å². The Morgan fingerprint density at radius 1 is 1.12 bits per heavy atom. The third kappa shape index (κ3) is 5.82. The SMILES string of the molecule is CC(C)OC(=O)N1COC(C(C)(CC2OCCO2)Oc2ccccn2)C1Cc1ccccc1. The first kappa shape index (κ1) is 23.5. The Balaban J connectivity index is 1.65. The molecule has 33 heavy (non-hydrogen) atoms. The third-order valence-electron chi connectivity index (χ3n) is 5.84. The number of ether oxygens (including phenoxy) is 5. The zero-order valence-corrected chi connectivity index (χ0v) is 19.4. The van der Waals surface area contributed by atoms with Crippen LogP contribution in [0.1, 0.15) is 32.8 Å². The lowest BCUT2D eigenvalue weighted by Gasteiger charge is -2.39. The molecular weight excluding hydrogens is 424 g/mol. The summed E-state index contributed by atoms with van der Waals surface area (Å²) < 4.78 is 29.7. The Morgan fingerprint density at radius 2 is 1.85 bits per heavy atom. The molecule has 8 heteroatoms. The van der Waals surface area contributed by atoms with Crippen LogP contribution in [0.3, 0.4) is 0 Å². The minimum atomic E-state index is -0.879. The van der Waals surface area contributed by atoms with Gasteiger partial charge in [0.05, 0.1) is 25.4 Å². The summed E-state index contributed by atoms with van der Waals surface area (Å²) in [6.45, 7) is 6.82. The molecule has 1 amide bonds. The van der Waals surface area contributed by atoms with Gasteiger partial charge in [0.1, 0.15) is 18.4 Å². The fraction of sp³-hybridized carbons (Fsp3) is 0.520. The fourth-order valence-electron chi connectivity index (χ4n) is 4.36. The molecule has 0 N–H and O–H groups in total. The van der Waals surface area contributed by atoms with Crippen molar-refractivity contribution in [3.8, 4) is 5.88 Å². The van der Waals surface area contributed by atoms with E-state index >= 15 is 0 Å². The standard InChI is InChI=1S/C25H32N2O6/c1-18(2)32-24(28)27-17-31-23(20(27)15-19-9-5-4-6-10-19)25(3,16-22-29-13-14-30-22)33-21-11-7-8-12-26-21/h4-12,18,20,22-23H,13-17H2,1-3H3. The van der Waals surface area contributed by atoms with Crippen LogP contribution >= 0.6 is 0 Å². The van der Waals surface area contributed by atoms with Crippen molar-refractivity contribution in [2.24, 2.45) is 0 Å². The minimum Gasteiger partial charge on any atom is -0.468 e. The van der Waals surface area contributed by atoms with Gasteiger partial charge in [0.15, 0.2) is 6.29 Å². The highest BCUT2D eigenvalue weighted by molar-refractivity contribution is 5.68. The second-order valence-corrected chi connectivity index (χ2v) is 8.83. The number of carbonyl (C=O) groups excluding carboxylic acids is 1. The number of nitrogens with zero attached hydrogens (tertiary/aromatic N) is 2. The maximum atomic E-state index is 13.0. The van der Waals surface area contributed by atoms with Crippen LogP contribution in [0.25, 0.3) is 0 Å². The lowest BCUT2D eigenvalue weighted by molar-refractivity contribution is -0.131. The highest BCUT2D eigenvalue weighted by Gasteiger charge is 2.52. The molecule has 3 unspecified atom stereocenters. The van der Waals surface area contributed by atoms with Crippen LogP contribution in [0.5, 0.6) is 5.88 Å². The molecule has 2 aliphatic heterocycles. The van der Waals surface area contributed by atoms with E-state index in [4.69, 9.17) is 23.7 Å². The zero-order valence-electron chi connectivity index (χ0n) is 19.4. The van der Waals surface area contributed by atoms with Gasteiger partial charge in [0.25, 0.3) is 0 Å². The highest BCUT2D eigenvalue weighted by Crippen LogP contribution is 2.36. The average Bonchev–Trinajstić information content (AvgIpc) is 3.45. The Bertz CT molecular complexity index is 890. The van der Waals surface area contributed by atoms with Gasteiger partial charge in [-0.1, -0.05) is 36.4 Å². The van der Waals surface area contributed by atoms with E-state index in [2.05, 4.69) is 4.98 Å². The number of rotatable bonds is 8. The Labute approximate surface area is 194 Å². The summed E-state index contributed by atoms with van der Waals surface area (Å²) >= 11 is 0. The van der Waals surface area contributed by atoms with Crippen molar-refractivity contribution in [1.82, 2.24) is 9.88 Å². The van der Waals surface area contributed by atoms with Crippen LogP contribution in [-0.4, -0.2) is 66.1 Å². The van der Waals surface area contributed by atoms with Gasteiger partial charge in [-0.15, -0.1) is 0 Å². The molecule has 0 radical (unpaired) electrons. The molecule has 2 saturated heterocycles. The second-order valence-electron chi connectivity index (χ2n) is 8.83. The summed E-state index contributed by atoms with van der Waals surface area (Å²) in [6.07, 6.45) is 1.18. The van der Waals surface area contributed by atoms with E-state index in [9.17, 15) is 4.79 Å². The van der Waals surface area contributed by atoms with Crippen molar-refractivity contribution in [3.05, 3.63) is 60.3 Å². The molecule has 4 rings (SSSR count). The number of amides is 1. The van der Waals surface area contributed by atoms with E-state index < -0.39 is 24.1 Å². The van der Waals surface area contributed by atoms with Gasteiger partial charge < -0.3 is 23.7 Å². The molecule has 0 saturated carbocycles. The molecule has 1 aromatic heterocycles. The quantitative estimate of drug-likeness (QED) is 0.598. The van der Waals surface area contributed by atoms with E-state index in [1.54, 1.807) is 17.2 Å². The topological polar surface area (TPSA) is 79.4 Å². The Hall–Kier alpha value is -2.68. The summed E-state index contributed by atoms with van der Waals surface area (Å²) in [5.74, 6) is 0.475. The van der Waals surface area contributed by atoms with Gasteiger partial charge >= 0.3 is 6.09 Å². The van der Waals surface area contributed by atoms with Crippen molar-refractivity contribution < 1.29 is 28.5 Å². The van der Waals surface area contributed by atoms with E-state index in [1.165, 1.54) is 0 Å². The zero-order chi connectivity index (χ0) is 23.3. The number of aromatic nitrogens is 1. The van der Waals surface area contributed by atoms with Gasteiger partial charge in [-0.05, 0) is 38.8 Å². The van der Waals surface area contributed by atoms with Crippen LogP contribution in [0.15, 0.2) is 54.7 Å². The third-order valence-corrected chi connectivity index (χ3v) is 5.84. The first-order valence-electron chi connectivity index (χ1n) is 11.4. The predicted octanol–water partition coefficient (Wildman–Crippen LogP) is 3.80. The maximum Gasteiger partial charge on any atom is 0.412 e. The molecule has 0 bridgehead atoms. The number of carbonyl (C=O) groups is 1. The summed E-state index contributed by atoms with van der Waals surface area (Å²) in [4.78, 5) is 18.9. The van der Waals surface area contributed by atoms with E-state index in [1.807, 2.05) is 63.2 Å². The van der Waals surface area contributed by atoms with Crippen LogP contribution in [0.2, 0.25) is 0 Å². The molecular formula is C25H32N2O6. The lowest BCUT2D eigenvalue weighted by Crippen LogP contribution is -2.55. The summed E-state index contributed by atoms with van der Waals surface area (Å²) in [6, 6.07) is 15.2. The number of hydrogen-bond acceptors (Lipinski definition) is 7.